The summed E-state index contributed by atoms with van der Waals surface area (Å²) >= 11 is 0. The van der Waals surface area contributed by atoms with Crippen LogP contribution in [0.25, 0.3) is 0 Å². The monoisotopic (exact) mass is 132 g/mol. The lowest BCUT2D eigenvalue weighted by atomic mass is 10.3. The van der Waals surface area contributed by atoms with Gasteiger partial charge in [-0.05, 0) is 6.42 Å². The van der Waals surface area contributed by atoms with Crippen molar-refractivity contribution < 1.29 is 9.90 Å². The van der Waals surface area contributed by atoms with E-state index in [1.165, 1.54) is 0 Å². The summed E-state index contributed by atoms with van der Waals surface area (Å²) in [7, 11) is 0. The predicted molar refractivity (Wildman–Crippen MR) is 38.3 cm³/mol. The number of hydrogen-bond donors (Lipinski definition) is 1. The Morgan fingerprint density at radius 3 is 1.78 bits per heavy atom. The van der Waals surface area contributed by atoms with Crippen molar-refractivity contribution in [3.05, 3.63) is 0 Å². The van der Waals surface area contributed by atoms with E-state index in [-0.39, 0.29) is 5.92 Å². The minimum Gasteiger partial charge on any atom is -0.396 e. The predicted octanol–water partition coefficient (Wildman–Crippen LogP) is 1.23. The van der Waals surface area contributed by atoms with E-state index in [9.17, 15) is 4.79 Å². The highest BCUT2D eigenvalue weighted by Gasteiger charge is 1.79. The highest BCUT2D eigenvalue weighted by molar-refractivity contribution is 5.51. The van der Waals surface area contributed by atoms with E-state index in [0.717, 1.165) is 12.7 Å². The normalized spacial score (nSPS) is 8.11. The summed E-state index contributed by atoms with van der Waals surface area (Å²) < 4.78 is 0. The van der Waals surface area contributed by atoms with Crippen LogP contribution in [0.5, 0.6) is 0 Å². The van der Waals surface area contributed by atoms with Gasteiger partial charge in [-0.3, -0.25) is 0 Å². The topological polar surface area (TPSA) is 37.3 Å². The molecule has 0 spiro atoms. The van der Waals surface area contributed by atoms with E-state index in [2.05, 4.69) is 0 Å². The first-order valence-corrected chi connectivity index (χ1v) is 3.25. The van der Waals surface area contributed by atoms with Crippen molar-refractivity contribution >= 4 is 6.29 Å². The van der Waals surface area contributed by atoms with Crippen molar-refractivity contribution in [2.75, 3.05) is 6.61 Å². The number of aldehydes is 1. The Morgan fingerprint density at radius 1 is 1.56 bits per heavy atom. The second kappa shape index (κ2) is 10.6. The molecular weight excluding hydrogens is 116 g/mol. The van der Waals surface area contributed by atoms with Gasteiger partial charge >= 0.3 is 0 Å². The Kier molecular flexibility index (Phi) is 13.4. The number of aliphatic hydroxyl groups is 1. The van der Waals surface area contributed by atoms with E-state index in [1.54, 1.807) is 0 Å². The summed E-state index contributed by atoms with van der Waals surface area (Å²) in [5.41, 5.74) is 0. The molecule has 0 aromatic rings. The Balaban J connectivity index is 0. The van der Waals surface area contributed by atoms with Crippen molar-refractivity contribution in [1.82, 2.24) is 0 Å². The maximum atomic E-state index is 9.50. The van der Waals surface area contributed by atoms with Crippen LogP contribution in [0.2, 0.25) is 0 Å². The standard InChI is InChI=1S/C4H8O.C3H8O/c1-4(2)3-5;1-2-3-4/h3-4H,1-2H3;4H,2-3H2,1H3. The lowest BCUT2D eigenvalue weighted by molar-refractivity contribution is -0.110. The van der Waals surface area contributed by atoms with Gasteiger partial charge in [0.25, 0.3) is 0 Å². The third kappa shape index (κ3) is 35.0. The molecule has 0 atom stereocenters. The van der Waals surface area contributed by atoms with Crippen molar-refractivity contribution in [3.8, 4) is 0 Å². The number of carbonyl (C=O) groups is 1. The summed E-state index contributed by atoms with van der Waals surface area (Å²) in [5.74, 6) is 0.204. The van der Waals surface area contributed by atoms with Gasteiger partial charge in [-0.2, -0.15) is 0 Å². The first kappa shape index (κ1) is 11.4. The molecule has 0 saturated carbocycles. The Hall–Kier alpha value is -0.370. The van der Waals surface area contributed by atoms with E-state index in [1.807, 2.05) is 20.8 Å². The molecule has 9 heavy (non-hydrogen) atoms. The molecule has 0 aliphatic carbocycles. The van der Waals surface area contributed by atoms with Gasteiger partial charge in [-0.25, -0.2) is 0 Å². The molecule has 0 bridgehead atoms. The largest absolute Gasteiger partial charge is 0.396 e. The zero-order valence-electron chi connectivity index (χ0n) is 6.42. The van der Waals surface area contributed by atoms with Gasteiger partial charge in [0.05, 0.1) is 0 Å². The fourth-order valence-corrected chi connectivity index (χ4v) is 0. The van der Waals surface area contributed by atoms with Gasteiger partial charge in [0.2, 0.25) is 0 Å². The fourth-order valence-electron chi connectivity index (χ4n) is 0. The van der Waals surface area contributed by atoms with Crippen LogP contribution in [0.15, 0.2) is 0 Å². The molecular formula is C7H16O2. The van der Waals surface area contributed by atoms with Crippen LogP contribution in [0, 0.1) is 5.92 Å². The highest BCUT2D eigenvalue weighted by Crippen LogP contribution is 1.78. The summed E-state index contributed by atoms with van der Waals surface area (Å²) in [5, 5.41) is 7.88. The molecule has 0 aromatic heterocycles. The molecule has 0 amide bonds. The first-order chi connectivity index (χ1) is 4.18. The van der Waals surface area contributed by atoms with Gasteiger partial charge in [-0.15, -0.1) is 0 Å². The molecule has 0 unspecified atom stereocenters. The number of aliphatic hydroxyl groups excluding tert-OH is 1. The molecule has 0 saturated heterocycles. The third-order valence-corrected chi connectivity index (χ3v) is 0.496. The smallest absolute Gasteiger partial charge is 0.122 e. The summed E-state index contributed by atoms with van der Waals surface area (Å²) in [6.07, 6.45) is 1.79. The molecule has 1 N–H and O–H groups in total. The molecule has 0 heterocycles. The van der Waals surface area contributed by atoms with Crippen LogP contribution in [-0.4, -0.2) is 18.0 Å². The summed E-state index contributed by atoms with van der Waals surface area (Å²) in [6, 6.07) is 0. The third-order valence-electron chi connectivity index (χ3n) is 0.496. The van der Waals surface area contributed by atoms with Crippen molar-refractivity contribution in [2.45, 2.75) is 27.2 Å². The Morgan fingerprint density at radius 2 is 1.78 bits per heavy atom. The Bertz CT molecular complexity index is 48.9. The number of rotatable bonds is 2. The zero-order chi connectivity index (χ0) is 7.70. The van der Waals surface area contributed by atoms with Gasteiger partial charge < -0.3 is 9.90 Å². The van der Waals surface area contributed by atoms with Crippen LogP contribution >= 0.6 is 0 Å². The molecule has 0 aliphatic heterocycles. The highest BCUT2D eigenvalue weighted by atomic mass is 16.2. The minimum absolute atomic E-state index is 0.204. The lowest BCUT2D eigenvalue weighted by Crippen LogP contribution is -1.82. The van der Waals surface area contributed by atoms with E-state index in [0.29, 0.717) is 6.61 Å². The van der Waals surface area contributed by atoms with Gasteiger partial charge in [-0.1, -0.05) is 20.8 Å². The average Bonchev–Trinajstić information content (AvgIpc) is 1.89. The van der Waals surface area contributed by atoms with Crippen molar-refractivity contribution in [3.63, 3.8) is 0 Å². The van der Waals surface area contributed by atoms with Gasteiger partial charge in [0, 0.05) is 12.5 Å². The van der Waals surface area contributed by atoms with Crippen LogP contribution in [-0.2, 0) is 4.79 Å². The van der Waals surface area contributed by atoms with Crippen LogP contribution in [0.4, 0.5) is 0 Å². The van der Waals surface area contributed by atoms with Crippen LogP contribution in [0.3, 0.4) is 0 Å². The first-order valence-electron chi connectivity index (χ1n) is 3.25. The summed E-state index contributed by atoms with van der Waals surface area (Å²) in [6.45, 7) is 5.96. The fraction of sp³-hybridized carbons (Fsp3) is 0.857. The number of carbonyl (C=O) groups excluding carboxylic acids is 1. The second-order valence-electron chi connectivity index (χ2n) is 2.10. The van der Waals surface area contributed by atoms with E-state index < -0.39 is 0 Å². The van der Waals surface area contributed by atoms with Crippen molar-refractivity contribution in [1.29, 1.82) is 0 Å². The molecule has 0 rings (SSSR count). The maximum absolute atomic E-state index is 9.50. The zero-order valence-corrected chi connectivity index (χ0v) is 6.42. The maximum Gasteiger partial charge on any atom is 0.122 e. The Labute approximate surface area is 56.9 Å². The second-order valence-corrected chi connectivity index (χ2v) is 2.10. The molecule has 0 aliphatic rings. The number of hydrogen-bond acceptors (Lipinski definition) is 2. The molecule has 2 heteroatoms. The molecule has 0 aromatic carbocycles. The lowest BCUT2D eigenvalue weighted by Gasteiger charge is -1.78. The SMILES string of the molecule is CC(C)C=O.CCCO. The van der Waals surface area contributed by atoms with Gasteiger partial charge in [0.15, 0.2) is 0 Å². The van der Waals surface area contributed by atoms with Crippen molar-refractivity contribution in [2.24, 2.45) is 5.92 Å². The molecule has 0 radical (unpaired) electrons. The molecule has 0 fully saturated rings. The minimum atomic E-state index is 0.204. The quantitative estimate of drug-likeness (QED) is 0.574. The molecule has 2 nitrogen and oxygen atoms in total. The van der Waals surface area contributed by atoms with E-state index in [4.69, 9.17) is 5.11 Å². The van der Waals surface area contributed by atoms with Crippen LogP contribution in [0.1, 0.15) is 27.2 Å². The molecule has 56 valence electrons. The average molecular weight is 132 g/mol. The summed E-state index contributed by atoms with van der Waals surface area (Å²) in [4.78, 5) is 9.50. The van der Waals surface area contributed by atoms with E-state index >= 15 is 0 Å². The van der Waals surface area contributed by atoms with Crippen LogP contribution < -0.4 is 0 Å². The van der Waals surface area contributed by atoms with Gasteiger partial charge in [0.1, 0.15) is 6.29 Å².